The molecule has 0 unspecified atom stereocenters. The number of allylic oxidation sites excluding steroid dienone is 4. The highest BCUT2D eigenvalue weighted by Crippen LogP contribution is 2.38. The first kappa shape index (κ1) is 22.8. The molecule has 2 N–H and O–H groups in total. The average Bonchev–Trinajstić information content (AvgIpc) is 3.38. The molecule has 0 spiro atoms. The molecule has 0 bridgehead atoms. The lowest BCUT2D eigenvalue weighted by molar-refractivity contribution is 0.363. The zero-order valence-electron chi connectivity index (χ0n) is 17.8. The van der Waals surface area contributed by atoms with Crippen molar-refractivity contribution in [2.75, 3.05) is 7.11 Å². The predicted molar refractivity (Wildman–Crippen MR) is 117 cm³/mol. The van der Waals surface area contributed by atoms with E-state index >= 15 is 0 Å². The van der Waals surface area contributed by atoms with Gasteiger partial charge >= 0.3 is 5.76 Å². The highest BCUT2D eigenvalue weighted by atomic mass is 32.2. The Morgan fingerprint density at radius 2 is 2.10 bits per heavy atom. The number of nitrogens with zero attached hydrogens (tertiary/aromatic N) is 1. The summed E-state index contributed by atoms with van der Waals surface area (Å²) in [6, 6.07) is 5.39. The first-order chi connectivity index (χ1) is 14.8. The Morgan fingerprint density at radius 3 is 2.68 bits per heavy atom. The third-order valence-electron chi connectivity index (χ3n) is 5.38. The van der Waals surface area contributed by atoms with Gasteiger partial charge in [-0.25, -0.2) is 18.3 Å². The lowest BCUT2D eigenvalue weighted by atomic mass is 9.87. The van der Waals surface area contributed by atoms with Gasteiger partial charge in [-0.2, -0.15) is 4.72 Å². The van der Waals surface area contributed by atoms with Gasteiger partial charge in [-0.15, -0.1) is 5.10 Å². The van der Waals surface area contributed by atoms with Crippen LogP contribution in [0.15, 0.2) is 73.8 Å². The molecule has 0 saturated heterocycles. The summed E-state index contributed by atoms with van der Waals surface area (Å²) in [6.45, 7) is 7.93. The fourth-order valence-corrected chi connectivity index (χ4v) is 5.29. The van der Waals surface area contributed by atoms with Gasteiger partial charge in [0.15, 0.2) is 0 Å². The fraction of sp³-hybridized carbons (Fsp3) is 0.364. The number of H-pyrrole nitrogens is 1. The Hall–Kier alpha value is -2.91. The molecular formula is C22H27N3O5S. The number of hydrogen-bond acceptors (Lipinski definition) is 6. The normalized spacial score (nSPS) is 18.4. The Morgan fingerprint density at radius 1 is 1.35 bits per heavy atom. The molecule has 0 amide bonds. The van der Waals surface area contributed by atoms with E-state index in [0.717, 1.165) is 36.0 Å². The largest absolute Gasteiger partial charge is 0.495 e. The van der Waals surface area contributed by atoms with Gasteiger partial charge in [0.2, 0.25) is 15.9 Å². The molecule has 1 aliphatic rings. The van der Waals surface area contributed by atoms with Crippen molar-refractivity contribution in [1.82, 2.24) is 14.9 Å². The number of aromatic nitrogens is 2. The number of ether oxygens (including phenoxy) is 1. The minimum Gasteiger partial charge on any atom is -0.495 e. The molecule has 0 radical (unpaired) electrons. The Bertz CT molecular complexity index is 1170. The van der Waals surface area contributed by atoms with Crippen LogP contribution < -0.4 is 15.2 Å². The van der Waals surface area contributed by atoms with E-state index in [4.69, 9.17) is 9.15 Å². The molecule has 0 aliphatic heterocycles. The van der Waals surface area contributed by atoms with Crippen LogP contribution in [-0.4, -0.2) is 25.7 Å². The number of hydrogen-bond donors (Lipinski definition) is 2. The molecule has 1 aliphatic carbocycles. The number of sulfonamides is 1. The van der Waals surface area contributed by atoms with E-state index in [1.807, 2.05) is 26.0 Å². The Labute approximate surface area is 181 Å². The van der Waals surface area contributed by atoms with Gasteiger partial charge in [0.05, 0.1) is 7.11 Å². The maximum atomic E-state index is 13.3. The molecule has 1 fully saturated rings. The monoisotopic (exact) mass is 445 g/mol. The minimum atomic E-state index is -4.03. The molecule has 166 valence electrons. The SMILES string of the molecule is C=C1CCC/C1=C(/C=C\C)[C@@H](C)[C@H](NS(=O)(=O)c1ccccc1OC)c1n[nH]c(=O)o1. The fourth-order valence-electron chi connectivity index (χ4n) is 3.85. The summed E-state index contributed by atoms with van der Waals surface area (Å²) in [5.74, 6) is -0.977. The first-order valence-electron chi connectivity index (χ1n) is 10.0. The van der Waals surface area contributed by atoms with Gasteiger partial charge < -0.3 is 9.15 Å². The highest BCUT2D eigenvalue weighted by Gasteiger charge is 2.34. The number of para-hydroxylation sites is 1. The second-order valence-electron chi connectivity index (χ2n) is 7.38. The summed E-state index contributed by atoms with van der Waals surface area (Å²) < 4.78 is 39.6. The Balaban J connectivity index is 2.09. The maximum absolute atomic E-state index is 13.3. The van der Waals surface area contributed by atoms with Crippen molar-refractivity contribution < 1.29 is 17.6 Å². The zero-order valence-corrected chi connectivity index (χ0v) is 18.7. The quantitative estimate of drug-likeness (QED) is 0.641. The van der Waals surface area contributed by atoms with Crippen LogP contribution in [0.4, 0.5) is 0 Å². The van der Waals surface area contributed by atoms with E-state index in [1.54, 1.807) is 18.2 Å². The third-order valence-corrected chi connectivity index (χ3v) is 6.86. The van der Waals surface area contributed by atoms with Crippen molar-refractivity contribution in [2.45, 2.75) is 44.0 Å². The smallest absolute Gasteiger partial charge is 0.434 e. The van der Waals surface area contributed by atoms with Crippen molar-refractivity contribution in [2.24, 2.45) is 5.92 Å². The molecule has 1 heterocycles. The second-order valence-corrected chi connectivity index (χ2v) is 9.06. The maximum Gasteiger partial charge on any atom is 0.434 e. The van der Waals surface area contributed by atoms with Crippen LogP contribution in [-0.2, 0) is 10.0 Å². The van der Waals surface area contributed by atoms with E-state index in [-0.39, 0.29) is 16.5 Å². The molecule has 3 rings (SSSR count). The van der Waals surface area contributed by atoms with Gasteiger partial charge in [0.1, 0.15) is 16.7 Å². The molecule has 31 heavy (non-hydrogen) atoms. The van der Waals surface area contributed by atoms with E-state index in [9.17, 15) is 13.2 Å². The lowest BCUT2D eigenvalue weighted by Gasteiger charge is -2.25. The summed E-state index contributed by atoms with van der Waals surface area (Å²) >= 11 is 0. The minimum absolute atomic E-state index is 0.0157. The van der Waals surface area contributed by atoms with Crippen LogP contribution in [0.5, 0.6) is 5.75 Å². The van der Waals surface area contributed by atoms with E-state index in [0.29, 0.717) is 0 Å². The van der Waals surface area contributed by atoms with Gasteiger partial charge in [0.25, 0.3) is 0 Å². The van der Waals surface area contributed by atoms with Gasteiger partial charge in [-0.05, 0) is 49.5 Å². The predicted octanol–water partition coefficient (Wildman–Crippen LogP) is 3.64. The molecule has 1 saturated carbocycles. The summed E-state index contributed by atoms with van der Waals surface area (Å²) in [7, 11) is -2.63. The van der Waals surface area contributed by atoms with Gasteiger partial charge in [-0.1, -0.05) is 43.4 Å². The van der Waals surface area contributed by atoms with Crippen molar-refractivity contribution >= 4 is 10.0 Å². The van der Waals surface area contributed by atoms with Crippen LogP contribution in [0.2, 0.25) is 0 Å². The third kappa shape index (κ3) is 4.88. The van der Waals surface area contributed by atoms with Crippen LogP contribution >= 0.6 is 0 Å². The summed E-state index contributed by atoms with van der Waals surface area (Å²) in [6.07, 6.45) is 6.61. The molecule has 2 aromatic rings. The molecule has 2 atom stereocenters. The number of methoxy groups -OCH3 is 1. The van der Waals surface area contributed by atoms with Crippen LogP contribution in [0.25, 0.3) is 0 Å². The van der Waals surface area contributed by atoms with Crippen molar-refractivity contribution in [3.05, 3.63) is 76.2 Å². The molecule has 1 aromatic carbocycles. The van der Waals surface area contributed by atoms with Gasteiger partial charge in [-0.3, -0.25) is 0 Å². The standard InChI is InChI=1S/C22H27N3O5S/c1-5-9-17(16-11-8-10-14(16)2)15(3)20(21-23-24-22(26)30-21)25-31(27,28)19-13-7-6-12-18(19)29-4/h5-7,9,12-13,15,20,25H,2,8,10-11H2,1,3-4H3,(H,24,26)/b9-5-,17-16+/t15-,20+/m1/s1. The highest BCUT2D eigenvalue weighted by molar-refractivity contribution is 7.89. The van der Waals surface area contributed by atoms with E-state index in [1.165, 1.54) is 13.2 Å². The summed E-state index contributed by atoms with van der Waals surface area (Å²) in [5.41, 5.74) is 3.07. The van der Waals surface area contributed by atoms with Crippen molar-refractivity contribution in [1.29, 1.82) is 0 Å². The van der Waals surface area contributed by atoms with Crippen LogP contribution in [0, 0.1) is 5.92 Å². The van der Waals surface area contributed by atoms with Gasteiger partial charge in [0, 0.05) is 5.92 Å². The summed E-state index contributed by atoms with van der Waals surface area (Å²) in [4.78, 5) is 11.6. The first-order valence-corrected chi connectivity index (χ1v) is 11.5. The van der Waals surface area contributed by atoms with Crippen molar-refractivity contribution in [3.8, 4) is 5.75 Å². The molecular weight excluding hydrogens is 418 g/mol. The Kier molecular flexibility index (Phi) is 6.97. The molecule has 8 nitrogen and oxygen atoms in total. The lowest BCUT2D eigenvalue weighted by Crippen LogP contribution is -2.34. The number of rotatable bonds is 8. The average molecular weight is 446 g/mol. The number of benzene rings is 1. The van der Waals surface area contributed by atoms with E-state index < -0.39 is 27.7 Å². The van der Waals surface area contributed by atoms with Crippen LogP contribution in [0.1, 0.15) is 45.0 Å². The topological polar surface area (TPSA) is 114 Å². The number of aromatic amines is 1. The zero-order chi connectivity index (χ0) is 22.6. The number of nitrogens with one attached hydrogen (secondary N) is 2. The van der Waals surface area contributed by atoms with Crippen molar-refractivity contribution in [3.63, 3.8) is 0 Å². The summed E-state index contributed by atoms with van der Waals surface area (Å²) in [5, 5.41) is 6.13. The molecule has 1 aromatic heterocycles. The second kappa shape index (κ2) is 9.49. The van der Waals surface area contributed by atoms with Crippen LogP contribution in [0.3, 0.4) is 0 Å². The van der Waals surface area contributed by atoms with E-state index in [2.05, 4.69) is 21.5 Å². The molecule has 9 heteroatoms.